The Morgan fingerprint density at radius 3 is 1.31 bits per heavy atom. The molecule has 0 aromatic heterocycles. The average molecular weight is 230 g/mol. The van der Waals surface area contributed by atoms with E-state index in [0.29, 0.717) is 0 Å². The normalized spacial score (nSPS) is 11.6. The Hall–Kier alpha value is -0.160. The van der Waals surface area contributed by atoms with Gasteiger partial charge in [0.2, 0.25) is 0 Å². The third kappa shape index (κ3) is 8.05. The van der Waals surface area contributed by atoms with Gasteiger partial charge in [0, 0.05) is 13.1 Å². The predicted molar refractivity (Wildman–Crippen MR) is 71.6 cm³/mol. The summed E-state index contributed by atoms with van der Waals surface area (Å²) >= 11 is 0. The van der Waals surface area contributed by atoms with Crippen molar-refractivity contribution in [1.82, 2.24) is 9.80 Å². The second kappa shape index (κ2) is 11.3. The molecular formula is C12H30N4. The number of nitrogens with zero attached hydrogens (tertiary/aromatic N) is 2. The zero-order valence-corrected chi connectivity index (χ0v) is 11.1. The topological polar surface area (TPSA) is 58.5 Å². The van der Waals surface area contributed by atoms with E-state index in [4.69, 9.17) is 11.5 Å². The van der Waals surface area contributed by atoms with Crippen LogP contribution >= 0.6 is 0 Å². The summed E-state index contributed by atoms with van der Waals surface area (Å²) in [6.07, 6.45) is 2.20. The van der Waals surface area contributed by atoms with E-state index in [-0.39, 0.29) is 0 Å². The molecule has 0 saturated carbocycles. The molecule has 0 amide bonds. The maximum absolute atomic E-state index is 5.53. The lowest BCUT2D eigenvalue weighted by Crippen LogP contribution is -2.37. The first kappa shape index (κ1) is 15.8. The summed E-state index contributed by atoms with van der Waals surface area (Å²) in [7, 11) is 0. The van der Waals surface area contributed by atoms with E-state index in [0.717, 1.165) is 65.2 Å². The smallest absolute Gasteiger partial charge is 0.0109 e. The van der Waals surface area contributed by atoms with Gasteiger partial charge >= 0.3 is 0 Å². The van der Waals surface area contributed by atoms with Gasteiger partial charge in [0.1, 0.15) is 0 Å². The van der Waals surface area contributed by atoms with Gasteiger partial charge in [-0.15, -0.1) is 0 Å². The number of likely N-dealkylation sites (N-methyl/N-ethyl adjacent to an activating group) is 2. The van der Waals surface area contributed by atoms with Crippen molar-refractivity contribution in [1.29, 1.82) is 0 Å². The molecule has 4 nitrogen and oxygen atoms in total. The highest BCUT2D eigenvalue weighted by atomic mass is 15.2. The van der Waals surface area contributed by atoms with Crippen LogP contribution in [0.2, 0.25) is 0 Å². The van der Waals surface area contributed by atoms with Crippen LogP contribution in [0.3, 0.4) is 0 Å². The summed E-state index contributed by atoms with van der Waals surface area (Å²) in [5.41, 5.74) is 11.1. The van der Waals surface area contributed by atoms with E-state index in [9.17, 15) is 0 Å². The van der Waals surface area contributed by atoms with Crippen molar-refractivity contribution < 1.29 is 0 Å². The van der Waals surface area contributed by atoms with Gasteiger partial charge in [0.25, 0.3) is 0 Å². The molecule has 0 unspecified atom stereocenters. The highest BCUT2D eigenvalue weighted by molar-refractivity contribution is 4.62. The van der Waals surface area contributed by atoms with Crippen molar-refractivity contribution in [3.63, 3.8) is 0 Å². The lowest BCUT2D eigenvalue weighted by atomic mass is 10.3. The summed E-state index contributed by atoms with van der Waals surface area (Å²) in [4.78, 5) is 4.94. The maximum Gasteiger partial charge on any atom is 0.0109 e. The van der Waals surface area contributed by atoms with Crippen LogP contribution < -0.4 is 11.5 Å². The highest BCUT2D eigenvalue weighted by Crippen LogP contribution is 1.95. The Kier molecular flexibility index (Phi) is 11.2. The van der Waals surface area contributed by atoms with Gasteiger partial charge in [-0.25, -0.2) is 0 Å². The first-order valence-corrected chi connectivity index (χ1v) is 6.63. The van der Waals surface area contributed by atoms with Gasteiger partial charge in [-0.1, -0.05) is 13.8 Å². The summed E-state index contributed by atoms with van der Waals surface area (Å²) in [6.45, 7) is 12.8. The van der Waals surface area contributed by atoms with Crippen molar-refractivity contribution in [2.45, 2.75) is 26.7 Å². The molecule has 0 rings (SSSR count). The molecule has 0 saturated heterocycles. The summed E-state index contributed by atoms with van der Waals surface area (Å²) in [5, 5.41) is 0. The van der Waals surface area contributed by atoms with Gasteiger partial charge in [-0.3, -0.25) is 0 Å². The Labute approximate surface area is 101 Å². The molecule has 4 heteroatoms. The second-order valence-corrected chi connectivity index (χ2v) is 4.15. The van der Waals surface area contributed by atoms with Crippen LogP contribution in [-0.4, -0.2) is 62.2 Å². The van der Waals surface area contributed by atoms with Crippen LogP contribution in [0.1, 0.15) is 26.7 Å². The largest absolute Gasteiger partial charge is 0.330 e. The molecule has 0 atom stereocenters. The summed E-state index contributed by atoms with van der Waals surface area (Å²) in [5.74, 6) is 0. The summed E-state index contributed by atoms with van der Waals surface area (Å²) < 4.78 is 0. The fraction of sp³-hybridized carbons (Fsp3) is 1.00. The van der Waals surface area contributed by atoms with Gasteiger partial charge in [0.15, 0.2) is 0 Å². The van der Waals surface area contributed by atoms with Gasteiger partial charge < -0.3 is 21.3 Å². The SMILES string of the molecule is CCN(CCCN)CCN(CC)CCCN. The fourth-order valence-electron chi connectivity index (χ4n) is 1.77. The third-order valence-corrected chi connectivity index (χ3v) is 2.98. The third-order valence-electron chi connectivity index (χ3n) is 2.98. The van der Waals surface area contributed by atoms with Crippen LogP contribution in [0, 0.1) is 0 Å². The Balaban J connectivity index is 3.69. The number of rotatable bonds is 11. The van der Waals surface area contributed by atoms with E-state index in [1.165, 1.54) is 0 Å². The minimum atomic E-state index is 0.793. The van der Waals surface area contributed by atoms with E-state index in [1.807, 2.05) is 0 Å². The van der Waals surface area contributed by atoms with Crippen LogP contribution in [0.5, 0.6) is 0 Å². The fourth-order valence-corrected chi connectivity index (χ4v) is 1.77. The van der Waals surface area contributed by atoms with E-state index < -0.39 is 0 Å². The first-order valence-electron chi connectivity index (χ1n) is 6.63. The molecule has 0 radical (unpaired) electrons. The molecule has 0 spiro atoms. The Bertz CT molecular complexity index is 125. The molecule has 4 N–H and O–H groups in total. The minimum Gasteiger partial charge on any atom is -0.330 e. The molecule has 0 heterocycles. The van der Waals surface area contributed by atoms with Crippen molar-refractivity contribution in [3.8, 4) is 0 Å². The number of hydrogen-bond acceptors (Lipinski definition) is 4. The minimum absolute atomic E-state index is 0.793. The van der Waals surface area contributed by atoms with Crippen LogP contribution in [-0.2, 0) is 0 Å². The molecule has 98 valence electrons. The molecule has 0 aliphatic heterocycles. The highest BCUT2D eigenvalue weighted by Gasteiger charge is 2.05. The lowest BCUT2D eigenvalue weighted by Gasteiger charge is -2.25. The van der Waals surface area contributed by atoms with E-state index in [2.05, 4.69) is 23.6 Å². The number of hydrogen-bond donors (Lipinski definition) is 2. The zero-order chi connectivity index (χ0) is 12.2. The van der Waals surface area contributed by atoms with Gasteiger partial charge in [-0.05, 0) is 52.1 Å². The molecule has 0 fully saturated rings. The maximum atomic E-state index is 5.53. The second-order valence-electron chi connectivity index (χ2n) is 4.15. The molecule has 16 heavy (non-hydrogen) atoms. The molecule has 0 aromatic rings. The predicted octanol–water partition coefficient (Wildman–Crippen LogP) is 0.328. The van der Waals surface area contributed by atoms with Crippen molar-refractivity contribution in [3.05, 3.63) is 0 Å². The monoisotopic (exact) mass is 230 g/mol. The zero-order valence-electron chi connectivity index (χ0n) is 11.1. The Morgan fingerprint density at radius 1 is 0.688 bits per heavy atom. The van der Waals surface area contributed by atoms with Crippen LogP contribution in [0.4, 0.5) is 0 Å². The van der Waals surface area contributed by atoms with Crippen molar-refractivity contribution in [2.75, 3.05) is 52.4 Å². The molecular weight excluding hydrogens is 200 g/mol. The molecule has 0 aliphatic carbocycles. The van der Waals surface area contributed by atoms with Crippen molar-refractivity contribution >= 4 is 0 Å². The van der Waals surface area contributed by atoms with E-state index >= 15 is 0 Å². The van der Waals surface area contributed by atoms with Crippen molar-refractivity contribution in [2.24, 2.45) is 11.5 Å². The number of nitrogens with two attached hydrogens (primary N) is 2. The molecule has 0 aromatic carbocycles. The summed E-state index contributed by atoms with van der Waals surface area (Å²) in [6, 6.07) is 0. The first-order chi connectivity index (χ1) is 7.78. The molecule has 0 bridgehead atoms. The van der Waals surface area contributed by atoms with Gasteiger partial charge in [0.05, 0.1) is 0 Å². The van der Waals surface area contributed by atoms with Gasteiger partial charge in [-0.2, -0.15) is 0 Å². The quantitative estimate of drug-likeness (QED) is 0.537. The average Bonchev–Trinajstić information content (AvgIpc) is 2.33. The van der Waals surface area contributed by atoms with Crippen LogP contribution in [0.25, 0.3) is 0 Å². The lowest BCUT2D eigenvalue weighted by molar-refractivity contribution is 0.213. The standard InChI is InChI=1S/C12H30N4/c1-3-15(9-5-7-13)11-12-16(4-2)10-6-8-14/h3-14H2,1-2H3. The Morgan fingerprint density at radius 2 is 1.06 bits per heavy atom. The molecule has 0 aliphatic rings. The van der Waals surface area contributed by atoms with Crippen LogP contribution in [0.15, 0.2) is 0 Å². The van der Waals surface area contributed by atoms with E-state index in [1.54, 1.807) is 0 Å².